The fraction of sp³-hybridized carbons (Fsp3) is 0.0435. The number of amides is 1. The molecule has 1 N–H and O–H groups in total. The Kier molecular flexibility index (Phi) is 6.33. The number of hydrazone groups is 1. The number of carbonyl (C=O) groups is 1. The number of benzene rings is 3. The smallest absolute Gasteiger partial charge is 0.277 e. The Labute approximate surface area is 168 Å². The number of rotatable bonds is 6. The largest absolute Gasteiger partial charge is 0.484 e. The Hall–Kier alpha value is -4.42. The average molecular weight is 380 g/mol. The SMILES string of the molecule is N#Cc1ccc(/C=N/NC(=O)COc2ccc(-c3ccc(C#N)cc3)cc2)cc1. The van der Waals surface area contributed by atoms with Gasteiger partial charge >= 0.3 is 0 Å². The first kappa shape index (κ1) is 19.3. The molecule has 0 saturated heterocycles. The Bertz CT molecular complexity index is 1090. The van der Waals surface area contributed by atoms with Gasteiger partial charge in [0, 0.05) is 0 Å². The molecule has 140 valence electrons. The zero-order valence-corrected chi connectivity index (χ0v) is 15.4. The van der Waals surface area contributed by atoms with Crippen LogP contribution in [0.4, 0.5) is 0 Å². The van der Waals surface area contributed by atoms with Crippen LogP contribution in [-0.2, 0) is 4.79 Å². The second-order valence-electron chi connectivity index (χ2n) is 6.03. The molecule has 0 aliphatic rings. The van der Waals surface area contributed by atoms with E-state index in [4.69, 9.17) is 15.3 Å². The van der Waals surface area contributed by atoms with Crippen LogP contribution in [0.15, 0.2) is 77.9 Å². The van der Waals surface area contributed by atoms with Crippen LogP contribution in [0.1, 0.15) is 16.7 Å². The van der Waals surface area contributed by atoms with Crippen molar-refractivity contribution < 1.29 is 9.53 Å². The number of carbonyl (C=O) groups excluding carboxylic acids is 1. The Morgan fingerprint density at radius 1 is 0.862 bits per heavy atom. The maximum atomic E-state index is 11.8. The molecule has 3 aromatic rings. The van der Waals surface area contributed by atoms with Gasteiger partial charge in [0.25, 0.3) is 5.91 Å². The summed E-state index contributed by atoms with van der Waals surface area (Å²) in [6.45, 7) is -0.166. The molecule has 6 nitrogen and oxygen atoms in total. The molecule has 6 heteroatoms. The topological polar surface area (TPSA) is 98.3 Å². The minimum absolute atomic E-state index is 0.166. The lowest BCUT2D eigenvalue weighted by atomic mass is 10.0. The van der Waals surface area contributed by atoms with E-state index in [2.05, 4.69) is 16.6 Å². The van der Waals surface area contributed by atoms with Gasteiger partial charge in [0.15, 0.2) is 6.61 Å². The van der Waals surface area contributed by atoms with Crippen molar-refractivity contribution in [3.63, 3.8) is 0 Å². The first-order valence-electron chi connectivity index (χ1n) is 8.73. The molecule has 1 amide bonds. The lowest BCUT2D eigenvalue weighted by Gasteiger charge is -2.07. The maximum absolute atomic E-state index is 11.8. The molecule has 0 aliphatic heterocycles. The van der Waals surface area contributed by atoms with Gasteiger partial charge in [-0.1, -0.05) is 36.4 Å². The molecular weight excluding hydrogens is 364 g/mol. The van der Waals surface area contributed by atoms with Crippen LogP contribution in [-0.4, -0.2) is 18.7 Å². The summed E-state index contributed by atoms with van der Waals surface area (Å²) in [7, 11) is 0. The number of ether oxygens (including phenoxy) is 1. The van der Waals surface area contributed by atoms with Crippen LogP contribution in [0, 0.1) is 22.7 Å². The number of nitriles is 2. The Morgan fingerprint density at radius 3 is 1.93 bits per heavy atom. The summed E-state index contributed by atoms with van der Waals surface area (Å²) in [6, 6.07) is 25.6. The van der Waals surface area contributed by atoms with Crippen molar-refractivity contribution in [2.24, 2.45) is 5.10 Å². The van der Waals surface area contributed by atoms with Crippen molar-refractivity contribution in [3.05, 3.63) is 89.5 Å². The molecule has 3 aromatic carbocycles. The molecule has 0 heterocycles. The first-order chi connectivity index (χ1) is 14.2. The summed E-state index contributed by atoms with van der Waals surface area (Å²) in [5.41, 5.74) is 6.31. The van der Waals surface area contributed by atoms with Gasteiger partial charge in [-0.3, -0.25) is 4.79 Å². The lowest BCUT2D eigenvalue weighted by Crippen LogP contribution is -2.24. The van der Waals surface area contributed by atoms with Crippen molar-refractivity contribution >= 4 is 12.1 Å². The van der Waals surface area contributed by atoms with Crippen LogP contribution in [0.2, 0.25) is 0 Å². The Balaban J connectivity index is 1.48. The Morgan fingerprint density at radius 2 is 1.38 bits per heavy atom. The quantitative estimate of drug-likeness (QED) is 0.521. The minimum atomic E-state index is -0.383. The van der Waals surface area contributed by atoms with E-state index in [1.54, 1.807) is 48.5 Å². The fourth-order valence-electron chi connectivity index (χ4n) is 2.48. The molecule has 0 atom stereocenters. The third-order valence-corrected chi connectivity index (χ3v) is 4.01. The molecule has 3 rings (SSSR count). The normalized spacial score (nSPS) is 10.1. The highest BCUT2D eigenvalue weighted by Crippen LogP contribution is 2.22. The fourth-order valence-corrected chi connectivity index (χ4v) is 2.48. The lowest BCUT2D eigenvalue weighted by molar-refractivity contribution is -0.123. The summed E-state index contributed by atoms with van der Waals surface area (Å²) in [5.74, 6) is 0.180. The van der Waals surface area contributed by atoms with E-state index in [0.717, 1.165) is 16.7 Å². The highest BCUT2D eigenvalue weighted by atomic mass is 16.5. The molecular formula is C23H16N4O2. The second-order valence-corrected chi connectivity index (χ2v) is 6.03. The van der Waals surface area contributed by atoms with Gasteiger partial charge in [0.2, 0.25) is 0 Å². The van der Waals surface area contributed by atoms with Crippen molar-refractivity contribution in [1.29, 1.82) is 10.5 Å². The molecule has 0 spiro atoms. The molecule has 0 unspecified atom stereocenters. The summed E-state index contributed by atoms with van der Waals surface area (Å²) in [5, 5.41) is 21.5. The zero-order valence-electron chi connectivity index (χ0n) is 15.4. The highest BCUT2D eigenvalue weighted by Gasteiger charge is 2.03. The van der Waals surface area contributed by atoms with E-state index in [-0.39, 0.29) is 12.5 Å². The van der Waals surface area contributed by atoms with Crippen LogP contribution < -0.4 is 10.2 Å². The predicted molar refractivity (Wildman–Crippen MR) is 109 cm³/mol. The maximum Gasteiger partial charge on any atom is 0.277 e. The standard InChI is InChI=1S/C23H16N4O2/c24-13-17-1-3-19(4-2-17)15-26-27-23(28)16-29-22-11-9-21(10-12-22)20-7-5-18(14-25)6-8-20/h1-12,15H,16H2,(H,27,28)/b26-15+. The van der Waals surface area contributed by atoms with Crippen molar-refractivity contribution in [2.45, 2.75) is 0 Å². The van der Waals surface area contributed by atoms with Gasteiger partial charge in [-0.05, 0) is 53.1 Å². The van der Waals surface area contributed by atoms with E-state index in [0.29, 0.717) is 16.9 Å². The predicted octanol–water partition coefficient (Wildman–Crippen LogP) is 3.63. The number of hydrogen-bond acceptors (Lipinski definition) is 5. The van der Waals surface area contributed by atoms with Crippen LogP contribution >= 0.6 is 0 Å². The first-order valence-corrected chi connectivity index (χ1v) is 8.73. The zero-order chi connectivity index (χ0) is 20.5. The van der Waals surface area contributed by atoms with Gasteiger partial charge in [-0.2, -0.15) is 15.6 Å². The third-order valence-electron chi connectivity index (χ3n) is 4.01. The van der Waals surface area contributed by atoms with E-state index in [1.807, 2.05) is 30.3 Å². The highest BCUT2D eigenvalue weighted by molar-refractivity contribution is 5.83. The minimum Gasteiger partial charge on any atom is -0.484 e. The van der Waals surface area contributed by atoms with Crippen LogP contribution in [0.3, 0.4) is 0 Å². The molecule has 0 aliphatic carbocycles. The van der Waals surface area contributed by atoms with E-state index in [1.165, 1.54) is 6.21 Å². The molecule has 29 heavy (non-hydrogen) atoms. The van der Waals surface area contributed by atoms with Gasteiger partial charge < -0.3 is 4.74 Å². The summed E-state index contributed by atoms with van der Waals surface area (Å²) in [6.07, 6.45) is 1.49. The van der Waals surface area contributed by atoms with E-state index in [9.17, 15) is 4.79 Å². The van der Waals surface area contributed by atoms with Crippen LogP contribution in [0.25, 0.3) is 11.1 Å². The van der Waals surface area contributed by atoms with Crippen molar-refractivity contribution in [1.82, 2.24) is 5.43 Å². The molecule has 0 fully saturated rings. The van der Waals surface area contributed by atoms with Gasteiger partial charge in [-0.15, -0.1) is 0 Å². The van der Waals surface area contributed by atoms with Crippen molar-refractivity contribution in [3.8, 4) is 29.0 Å². The van der Waals surface area contributed by atoms with Crippen molar-refractivity contribution in [2.75, 3.05) is 6.61 Å². The van der Waals surface area contributed by atoms with Gasteiger partial charge in [-0.25, -0.2) is 5.43 Å². The molecule has 0 bridgehead atoms. The van der Waals surface area contributed by atoms with Crippen LogP contribution in [0.5, 0.6) is 5.75 Å². The number of nitrogens with zero attached hydrogens (tertiary/aromatic N) is 3. The van der Waals surface area contributed by atoms with E-state index < -0.39 is 0 Å². The number of hydrogen-bond donors (Lipinski definition) is 1. The third kappa shape index (κ3) is 5.53. The van der Waals surface area contributed by atoms with Gasteiger partial charge in [0.1, 0.15) is 5.75 Å². The van der Waals surface area contributed by atoms with E-state index >= 15 is 0 Å². The second kappa shape index (κ2) is 9.50. The summed E-state index contributed by atoms with van der Waals surface area (Å²) < 4.78 is 5.46. The van der Waals surface area contributed by atoms with Gasteiger partial charge in [0.05, 0.1) is 29.5 Å². The molecule has 0 aromatic heterocycles. The molecule has 0 radical (unpaired) electrons. The molecule has 0 saturated carbocycles. The summed E-state index contributed by atoms with van der Waals surface area (Å²) in [4.78, 5) is 11.8. The average Bonchev–Trinajstić information content (AvgIpc) is 2.78. The summed E-state index contributed by atoms with van der Waals surface area (Å²) >= 11 is 0. The number of nitrogens with one attached hydrogen (secondary N) is 1. The monoisotopic (exact) mass is 380 g/mol.